The number of methoxy groups -OCH3 is 1. The number of esters is 1. The fourth-order valence-corrected chi connectivity index (χ4v) is 1.83. The van der Waals surface area contributed by atoms with Crippen LogP contribution in [0.25, 0.3) is 11.3 Å². The number of aryl methyl sites for hydroxylation is 2. The third-order valence-corrected chi connectivity index (χ3v) is 2.86. The van der Waals surface area contributed by atoms with Crippen molar-refractivity contribution in [2.75, 3.05) is 12.8 Å². The second-order valence-electron chi connectivity index (χ2n) is 4.12. The Balaban J connectivity index is 2.67. The van der Waals surface area contributed by atoms with Crippen LogP contribution in [0.2, 0.25) is 0 Å². The molecule has 0 saturated heterocycles. The van der Waals surface area contributed by atoms with Crippen LogP contribution in [0.4, 0.5) is 5.69 Å². The van der Waals surface area contributed by atoms with E-state index in [9.17, 15) is 4.79 Å². The Bertz CT molecular complexity index is 599. The number of nitrogens with two attached hydrogens (primary N) is 1. The van der Waals surface area contributed by atoms with Crippen molar-refractivity contribution in [2.45, 2.75) is 13.8 Å². The molecular weight excluding hydrogens is 230 g/mol. The van der Waals surface area contributed by atoms with Crippen molar-refractivity contribution in [1.82, 2.24) is 0 Å². The lowest BCUT2D eigenvalue weighted by atomic mass is 10.00. The average molecular weight is 245 g/mol. The molecule has 0 aliphatic rings. The summed E-state index contributed by atoms with van der Waals surface area (Å²) in [5.41, 5.74) is 8.23. The van der Waals surface area contributed by atoms with E-state index in [0.717, 1.165) is 11.3 Å². The normalized spacial score (nSPS) is 10.4. The van der Waals surface area contributed by atoms with E-state index in [-0.39, 0.29) is 0 Å². The highest BCUT2D eigenvalue weighted by molar-refractivity contribution is 6.02. The van der Waals surface area contributed by atoms with Crippen LogP contribution in [0, 0.1) is 13.8 Å². The Morgan fingerprint density at radius 1 is 1.22 bits per heavy atom. The number of benzene rings is 1. The molecule has 4 heteroatoms. The molecule has 0 fully saturated rings. The van der Waals surface area contributed by atoms with Crippen molar-refractivity contribution in [1.29, 1.82) is 0 Å². The van der Waals surface area contributed by atoms with E-state index in [1.165, 1.54) is 7.11 Å². The first-order valence-corrected chi connectivity index (χ1v) is 5.58. The van der Waals surface area contributed by atoms with Crippen LogP contribution in [-0.4, -0.2) is 13.1 Å². The summed E-state index contributed by atoms with van der Waals surface area (Å²) >= 11 is 0. The third kappa shape index (κ3) is 1.97. The van der Waals surface area contributed by atoms with Gasteiger partial charge in [0.25, 0.3) is 0 Å². The summed E-state index contributed by atoms with van der Waals surface area (Å²) in [6.07, 6.45) is 0. The van der Waals surface area contributed by atoms with E-state index in [1.54, 1.807) is 0 Å². The third-order valence-electron chi connectivity index (χ3n) is 2.86. The van der Waals surface area contributed by atoms with Gasteiger partial charge in [0.15, 0.2) is 0 Å². The zero-order chi connectivity index (χ0) is 13.3. The van der Waals surface area contributed by atoms with Crippen LogP contribution in [0.15, 0.2) is 28.7 Å². The minimum absolute atomic E-state index is 0.354. The number of rotatable bonds is 2. The largest absolute Gasteiger partial charge is 0.465 e. The van der Waals surface area contributed by atoms with Crippen LogP contribution in [-0.2, 0) is 4.74 Å². The summed E-state index contributed by atoms with van der Waals surface area (Å²) in [5.74, 6) is 0.930. The summed E-state index contributed by atoms with van der Waals surface area (Å²) < 4.78 is 10.3. The number of carbonyl (C=O) groups is 1. The fraction of sp³-hybridized carbons (Fsp3) is 0.214. The van der Waals surface area contributed by atoms with Gasteiger partial charge in [-0.3, -0.25) is 0 Å². The molecule has 2 aromatic rings. The molecule has 0 spiro atoms. The number of hydrogen-bond donors (Lipinski definition) is 1. The molecular formula is C14H15NO3. The first kappa shape index (κ1) is 12.2. The molecule has 1 aromatic carbocycles. The van der Waals surface area contributed by atoms with Gasteiger partial charge in [-0.25, -0.2) is 4.79 Å². The summed E-state index contributed by atoms with van der Waals surface area (Å²) in [7, 11) is 1.33. The Hall–Kier alpha value is -2.23. The number of hydrogen-bond acceptors (Lipinski definition) is 4. The standard InChI is InChI=1S/C14H15NO3/c1-8-4-6-10(11-7-5-9(2)18-11)12(13(8)15)14(16)17-3/h4-7H,15H2,1-3H3. The van der Waals surface area contributed by atoms with E-state index in [1.807, 2.05) is 38.1 Å². The number of anilines is 1. The van der Waals surface area contributed by atoms with Crippen molar-refractivity contribution in [2.24, 2.45) is 0 Å². The van der Waals surface area contributed by atoms with E-state index >= 15 is 0 Å². The zero-order valence-electron chi connectivity index (χ0n) is 10.6. The quantitative estimate of drug-likeness (QED) is 0.652. The van der Waals surface area contributed by atoms with Crippen molar-refractivity contribution in [3.05, 3.63) is 41.2 Å². The summed E-state index contributed by atoms with van der Waals surface area (Å²) in [4.78, 5) is 11.8. The van der Waals surface area contributed by atoms with E-state index < -0.39 is 5.97 Å². The number of furan rings is 1. The minimum Gasteiger partial charge on any atom is -0.465 e. The van der Waals surface area contributed by atoms with Crippen LogP contribution < -0.4 is 5.73 Å². The lowest BCUT2D eigenvalue weighted by molar-refractivity contribution is 0.0602. The predicted octanol–water partition coefficient (Wildman–Crippen LogP) is 2.93. The fourth-order valence-electron chi connectivity index (χ4n) is 1.83. The van der Waals surface area contributed by atoms with E-state index in [4.69, 9.17) is 14.9 Å². The second kappa shape index (κ2) is 4.56. The number of carbonyl (C=O) groups excluding carboxylic acids is 1. The first-order valence-electron chi connectivity index (χ1n) is 5.58. The van der Waals surface area contributed by atoms with Crippen molar-refractivity contribution in [3.63, 3.8) is 0 Å². The monoisotopic (exact) mass is 245 g/mol. The van der Waals surface area contributed by atoms with Crippen LogP contribution in [0.5, 0.6) is 0 Å². The highest BCUT2D eigenvalue weighted by Gasteiger charge is 2.20. The molecule has 0 bridgehead atoms. The maximum absolute atomic E-state index is 11.8. The van der Waals surface area contributed by atoms with Gasteiger partial charge in [0.05, 0.1) is 12.7 Å². The molecule has 1 heterocycles. The Morgan fingerprint density at radius 2 is 1.94 bits per heavy atom. The van der Waals surface area contributed by atoms with Gasteiger partial charge in [0.1, 0.15) is 11.5 Å². The van der Waals surface area contributed by atoms with Crippen LogP contribution in [0.3, 0.4) is 0 Å². The van der Waals surface area contributed by atoms with Crippen molar-refractivity contribution < 1.29 is 13.9 Å². The second-order valence-corrected chi connectivity index (χ2v) is 4.12. The Labute approximate surface area is 105 Å². The first-order chi connectivity index (χ1) is 8.54. The van der Waals surface area contributed by atoms with E-state index in [2.05, 4.69) is 0 Å². The van der Waals surface area contributed by atoms with Crippen LogP contribution >= 0.6 is 0 Å². The lowest BCUT2D eigenvalue weighted by Gasteiger charge is -2.11. The molecule has 4 nitrogen and oxygen atoms in total. The van der Waals surface area contributed by atoms with Crippen molar-refractivity contribution >= 4 is 11.7 Å². The van der Waals surface area contributed by atoms with Gasteiger partial charge in [-0.15, -0.1) is 0 Å². The highest BCUT2D eigenvalue weighted by atomic mass is 16.5. The molecule has 0 aliphatic heterocycles. The molecule has 1 aromatic heterocycles. The van der Waals surface area contributed by atoms with Crippen molar-refractivity contribution in [3.8, 4) is 11.3 Å². The van der Waals surface area contributed by atoms with Gasteiger partial charge in [0.2, 0.25) is 0 Å². The maximum Gasteiger partial charge on any atom is 0.340 e. The number of nitrogen functional groups attached to an aromatic ring is 1. The molecule has 0 atom stereocenters. The molecule has 18 heavy (non-hydrogen) atoms. The molecule has 0 amide bonds. The molecule has 94 valence electrons. The smallest absolute Gasteiger partial charge is 0.340 e. The number of ether oxygens (including phenoxy) is 1. The average Bonchev–Trinajstić information content (AvgIpc) is 2.78. The molecule has 0 aliphatic carbocycles. The lowest BCUT2D eigenvalue weighted by Crippen LogP contribution is -2.09. The topological polar surface area (TPSA) is 65.5 Å². The molecule has 2 rings (SSSR count). The summed E-state index contributed by atoms with van der Waals surface area (Å²) in [6.45, 7) is 3.69. The Kier molecular flexibility index (Phi) is 3.10. The molecule has 0 radical (unpaired) electrons. The van der Waals surface area contributed by atoms with Gasteiger partial charge in [-0.05, 0) is 37.6 Å². The zero-order valence-corrected chi connectivity index (χ0v) is 10.6. The van der Waals surface area contributed by atoms with Gasteiger partial charge in [0, 0.05) is 11.3 Å². The molecule has 0 unspecified atom stereocenters. The molecule has 2 N–H and O–H groups in total. The van der Waals surface area contributed by atoms with Gasteiger partial charge in [-0.1, -0.05) is 6.07 Å². The van der Waals surface area contributed by atoms with Gasteiger partial charge < -0.3 is 14.9 Å². The minimum atomic E-state index is -0.458. The SMILES string of the molecule is COC(=O)c1c(-c2ccc(C)o2)ccc(C)c1N. The Morgan fingerprint density at radius 3 is 2.50 bits per heavy atom. The van der Waals surface area contributed by atoms with E-state index in [0.29, 0.717) is 22.6 Å². The predicted molar refractivity (Wildman–Crippen MR) is 69.4 cm³/mol. The van der Waals surface area contributed by atoms with Gasteiger partial charge >= 0.3 is 5.97 Å². The van der Waals surface area contributed by atoms with Crippen LogP contribution in [0.1, 0.15) is 21.7 Å². The maximum atomic E-state index is 11.8. The highest BCUT2D eigenvalue weighted by Crippen LogP contribution is 2.31. The summed E-state index contributed by atoms with van der Waals surface area (Å²) in [6, 6.07) is 7.32. The molecule has 0 saturated carbocycles. The summed E-state index contributed by atoms with van der Waals surface area (Å²) in [5, 5.41) is 0. The van der Waals surface area contributed by atoms with Gasteiger partial charge in [-0.2, -0.15) is 0 Å².